The number of fused-ring (bicyclic) bond motifs is 3. The number of rotatable bonds is 1. The smallest absolute Gasteiger partial charge is 0.158 e. The van der Waals surface area contributed by atoms with Gasteiger partial charge in [-0.25, -0.2) is 0 Å². The van der Waals surface area contributed by atoms with Crippen molar-refractivity contribution in [2.24, 2.45) is 0 Å². The summed E-state index contributed by atoms with van der Waals surface area (Å²) in [6.07, 6.45) is 8.86. The average Bonchev–Trinajstić information content (AvgIpc) is 2.88. The average molecular weight is 261 g/mol. The van der Waals surface area contributed by atoms with Crippen molar-refractivity contribution in [3.8, 4) is 0 Å². The second kappa shape index (κ2) is 4.27. The molecule has 2 aromatic carbocycles. The fourth-order valence-electron chi connectivity index (χ4n) is 2.88. The van der Waals surface area contributed by atoms with Crippen molar-refractivity contribution < 1.29 is 4.42 Å². The Bertz CT molecular complexity index is 868. The predicted octanol–water partition coefficient (Wildman–Crippen LogP) is 4.90. The molecule has 98 valence electrons. The number of hydrogen-bond donors (Lipinski definition) is 1. The summed E-state index contributed by atoms with van der Waals surface area (Å²) in [5, 5.41) is 2.21. The standard InChI is InChI=1S/C18H15NO/c19-16-11-5-10-15-14-9-4-8-13(17(14)20-18(15)16)12-6-2-1-3-7-12/h2,4-11H,1,3,19H2. The maximum Gasteiger partial charge on any atom is 0.158 e. The summed E-state index contributed by atoms with van der Waals surface area (Å²) < 4.78 is 6.07. The highest BCUT2D eigenvalue weighted by Gasteiger charge is 2.14. The molecule has 0 radical (unpaired) electrons. The molecule has 0 atom stereocenters. The van der Waals surface area contributed by atoms with Gasteiger partial charge in [0.1, 0.15) is 5.58 Å². The molecule has 0 aliphatic heterocycles. The van der Waals surface area contributed by atoms with Crippen LogP contribution in [0.2, 0.25) is 0 Å². The molecule has 4 rings (SSSR count). The van der Waals surface area contributed by atoms with E-state index in [0.717, 1.165) is 40.3 Å². The van der Waals surface area contributed by atoms with Crippen LogP contribution in [0.4, 0.5) is 5.69 Å². The molecule has 1 aliphatic rings. The van der Waals surface area contributed by atoms with E-state index in [1.54, 1.807) is 0 Å². The van der Waals surface area contributed by atoms with E-state index < -0.39 is 0 Å². The van der Waals surface area contributed by atoms with Gasteiger partial charge in [-0.3, -0.25) is 0 Å². The first kappa shape index (κ1) is 11.4. The lowest BCUT2D eigenvalue weighted by Crippen LogP contribution is -1.86. The zero-order valence-electron chi connectivity index (χ0n) is 11.1. The van der Waals surface area contributed by atoms with Crippen LogP contribution in [0, 0.1) is 0 Å². The summed E-state index contributed by atoms with van der Waals surface area (Å²) in [5.74, 6) is 0. The van der Waals surface area contributed by atoms with E-state index >= 15 is 0 Å². The molecule has 2 N–H and O–H groups in total. The van der Waals surface area contributed by atoms with E-state index in [1.165, 1.54) is 5.57 Å². The van der Waals surface area contributed by atoms with Crippen LogP contribution < -0.4 is 5.73 Å². The summed E-state index contributed by atoms with van der Waals surface area (Å²) in [6, 6.07) is 12.2. The van der Waals surface area contributed by atoms with E-state index in [1.807, 2.05) is 12.1 Å². The van der Waals surface area contributed by atoms with Gasteiger partial charge < -0.3 is 10.2 Å². The Labute approximate surface area is 117 Å². The quantitative estimate of drug-likeness (QED) is 0.633. The molecule has 0 spiro atoms. The van der Waals surface area contributed by atoms with Gasteiger partial charge in [-0.05, 0) is 24.5 Å². The van der Waals surface area contributed by atoms with Crippen LogP contribution in [-0.4, -0.2) is 0 Å². The van der Waals surface area contributed by atoms with Gasteiger partial charge in [-0.1, -0.05) is 48.6 Å². The summed E-state index contributed by atoms with van der Waals surface area (Å²) >= 11 is 0. The third kappa shape index (κ3) is 1.58. The van der Waals surface area contributed by atoms with E-state index in [4.69, 9.17) is 10.2 Å². The van der Waals surface area contributed by atoms with Gasteiger partial charge in [-0.15, -0.1) is 0 Å². The van der Waals surface area contributed by atoms with Gasteiger partial charge in [-0.2, -0.15) is 0 Å². The molecule has 0 saturated heterocycles. The van der Waals surface area contributed by atoms with E-state index in [9.17, 15) is 0 Å². The number of benzene rings is 2. The van der Waals surface area contributed by atoms with Gasteiger partial charge in [0.15, 0.2) is 5.58 Å². The maximum atomic E-state index is 6.07. The molecular formula is C18H15NO. The van der Waals surface area contributed by atoms with Crippen LogP contribution in [0.1, 0.15) is 18.4 Å². The highest BCUT2D eigenvalue weighted by atomic mass is 16.3. The van der Waals surface area contributed by atoms with Crippen molar-refractivity contribution in [3.63, 3.8) is 0 Å². The Kier molecular flexibility index (Phi) is 2.43. The maximum absolute atomic E-state index is 6.07. The Balaban J connectivity index is 2.08. The van der Waals surface area contributed by atoms with Gasteiger partial charge >= 0.3 is 0 Å². The SMILES string of the molecule is Nc1cccc2c1oc1c(C3=CCCC=C3)cccc12. The third-order valence-electron chi connectivity index (χ3n) is 3.86. The number of allylic oxidation sites excluding steroid dienone is 4. The van der Waals surface area contributed by atoms with E-state index in [-0.39, 0.29) is 0 Å². The molecule has 0 fully saturated rings. The zero-order chi connectivity index (χ0) is 13.5. The first-order valence-corrected chi connectivity index (χ1v) is 6.91. The molecular weight excluding hydrogens is 246 g/mol. The lowest BCUT2D eigenvalue weighted by atomic mass is 9.98. The minimum absolute atomic E-state index is 0.692. The van der Waals surface area contributed by atoms with Crippen molar-refractivity contribution in [3.05, 3.63) is 60.2 Å². The van der Waals surface area contributed by atoms with Gasteiger partial charge in [0.2, 0.25) is 0 Å². The lowest BCUT2D eigenvalue weighted by molar-refractivity contribution is 0.669. The zero-order valence-corrected chi connectivity index (χ0v) is 11.1. The monoisotopic (exact) mass is 261 g/mol. The largest absolute Gasteiger partial charge is 0.453 e. The Morgan fingerprint density at radius 3 is 2.50 bits per heavy atom. The molecule has 2 nitrogen and oxygen atoms in total. The van der Waals surface area contributed by atoms with Crippen molar-refractivity contribution in [2.75, 3.05) is 5.73 Å². The summed E-state index contributed by atoms with van der Waals surface area (Å²) in [7, 11) is 0. The summed E-state index contributed by atoms with van der Waals surface area (Å²) in [4.78, 5) is 0. The normalized spacial score (nSPS) is 14.9. The molecule has 1 aromatic heterocycles. The molecule has 0 saturated carbocycles. The Hall–Kier alpha value is -2.48. The number of anilines is 1. The van der Waals surface area contributed by atoms with E-state index in [2.05, 4.69) is 42.5 Å². The van der Waals surface area contributed by atoms with Crippen LogP contribution >= 0.6 is 0 Å². The predicted molar refractivity (Wildman–Crippen MR) is 84.5 cm³/mol. The Morgan fingerprint density at radius 1 is 0.900 bits per heavy atom. The van der Waals surface area contributed by atoms with Crippen LogP contribution in [0.15, 0.2) is 59.0 Å². The number of para-hydroxylation sites is 2. The van der Waals surface area contributed by atoms with Gasteiger partial charge in [0.05, 0.1) is 5.69 Å². The molecule has 0 unspecified atom stereocenters. The number of nitrogen functional groups attached to an aromatic ring is 1. The summed E-state index contributed by atoms with van der Waals surface area (Å²) in [6.45, 7) is 0. The van der Waals surface area contributed by atoms with Crippen molar-refractivity contribution in [1.82, 2.24) is 0 Å². The Morgan fingerprint density at radius 2 is 1.70 bits per heavy atom. The van der Waals surface area contributed by atoms with E-state index in [0.29, 0.717) is 5.69 Å². The van der Waals surface area contributed by atoms with Crippen LogP contribution in [0.3, 0.4) is 0 Å². The molecule has 3 aromatic rings. The van der Waals surface area contributed by atoms with Gasteiger partial charge in [0.25, 0.3) is 0 Å². The highest BCUT2D eigenvalue weighted by molar-refractivity contribution is 6.11. The van der Waals surface area contributed by atoms with Crippen LogP contribution in [0.25, 0.3) is 27.5 Å². The minimum Gasteiger partial charge on any atom is -0.453 e. The fraction of sp³-hybridized carbons (Fsp3) is 0.111. The molecule has 1 heterocycles. The molecule has 1 aliphatic carbocycles. The first-order valence-electron chi connectivity index (χ1n) is 6.91. The third-order valence-corrected chi connectivity index (χ3v) is 3.86. The number of hydrogen-bond acceptors (Lipinski definition) is 2. The van der Waals surface area contributed by atoms with Gasteiger partial charge in [0, 0.05) is 16.3 Å². The van der Waals surface area contributed by atoms with Crippen molar-refractivity contribution >= 4 is 33.2 Å². The topological polar surface area (TPSA) is 39.2 Å². The van der Waals surface area contributed by atoms with Crippen LogP contribution in [-0.2, 0) is 0 Å². The number of furan rings is 1. The van der Waals surface area contributed by atoms with Crippen molar-refractivity contribution in [2.45, 2.75) is 12.8 Å². The number of nitrogens with two attached hydrogens (primary N) is 1. The molecule has 0 amide bonds. The van der Waals surface area contributed by atoms with Crippen LogP contribution in [0.5, 0.6) is 0 Å². The minimum atomic E-state index is 0.692. The molecule has 0 bridgehead atoms. The second-order valence-corrected chi connectivity index (χ2v) is 5.15. The lowest BCUT2D eigenvalue weighted by Gasteiger charge is -2.07. The molecule has 2 heteroatoms. The highest BCUT2D eigenvalue weighted by Crippen LogP contribution is 2.36. The molecule has 20 heavy (non-hydrogen) atoms. The fourth-order valence-corrected chi connectivity index (χ4v) is 2.88. The first-order chi connectivity index (χ1) is 9.84. The van der Waals surface area contributed by atoms with Crippen molar-refractivity contribution in [1.29, 1.82) is 0 Å². The summed E-state index contributed by atoms with van der Waals surface area (Å²) in [5.41, 5.74) is 10.8. The second-order valence-electron chi connectivity index (χ2n) is 5.15.